The number of nitro groups is 1. The normalized spacial score (nSPS) is 14.7. The highest BCUT2D eigenvalue weighted by molar-refractivity contribution is 14.1. The van der Waals surface area contributed by atoms with Gasteiger partial charge in [-0.25, -0.2) is 10.0 Å². The zero-order valence-electron chi connectivity index (χ0n) is 17.7. The van der Waals surface area contributed by atoms with Gasteiger partial charge < -0.3 is 0 Å². The molecule has 174 valence electrons. The summed E-state index contributed by atoms with van der Waals surface area (Å²) in [7, 11) is 0. The van der Waals surface area contributed by atoms with E-state index < -0.39 is 8.97 Å². The minimum atomic E-state index is -0.475. The molecule has 2 N–H and O–H groups in total. The number of nitrogens with one attached hydrogen (secondary N) is 2. The number of alkyl halides is 1. The molecule has 2 aromatic carbocycles. The van der Waals surface area contributed by atoms with Crippen LogP contribution in [0.15, 0.2) is 78.0 Å². The highest BCUT2D eigenvalue weighted by atomic mass is 127. The first-order chi connectivity index (χ1) is 16.9. The predicted molar refractivity (Wildman–Crippen MR) is 139 cm³/mol. The zero-order chi connectivity index (χ0) is 24.5. The Labute approximate surface area is 217 Å². The SMILES string of the molecule is O=C(NN1C(c2cccc([N+](=O)[O-])c2)=Nc2c(-c3ccc(Cl)cc3)n[nH]c2C1I)c1ccncc1. The number of nitrogens with zero attached hydrogens (tertiary/aromatic N) is 5. The molecule has 0 saturated heterocycles. The van der Waals surface area contributed by atoms with Gasteiger partial charge in [-0.05, 0) is 46.9 Å². The number of rotatable bonds is 5. The topological polar surface area (TPSA) is 129 Å². The maximum Gasteiger partial charge on any atom is 0.270 e. The van der Waals surface area contributed by atoms with E-state index in [9.17, 15) is 14.9 Å². The fraction of sp³-hybridized carbons (Fsp3) is 0.0435. The van der Waals surface area contributed by atoms with E-state index >= 15 is 0 Å². The molecule has 2 aromatic heterocycles. The van der Waals surface area contributed by atoms with Gasteiger partial charge in [0, 0.05) is 46.2 Å². The number of H-pyrrole nitrogens is 1. The second-order valence-corrected chi connectivity index (χ2v) is 9.08. The summed E-state index contributed by atoms with van der Waals surface area (Å²) in [4.78, 5) is 32.7. The molecule has 1 unspecified atom stereocenters. The number of carbonyl (C=O) groups excluding carboxylic acids is 1. The number of aromatic nitrogens is 3. The third-order valence-electron chi connectivity index (χ3n) is 5.28. The van der Waals surface area contributed by atoms with Crippen molar-refractivity contribution in [3.8, 4) is 11.3 Å². The largest absolute Gasteiger partial charge is 0.277 e. The molecule has 10 nitrogen and oxygen atoms in total. The Morgan fingerprint density at radius 3 is 2.57 bits per heavy atom. The molecule has 0 radical (unpaired) electrons. The van der Waals surface area contributed by atoms with E-state index in [0.29, 0.717) is 39.1 Å². The van der Waals surface area contributed by atoms with Crippen LogP contribution >= 0.6 is 34.2 Å². The molecule has 3 heterocycles. The summed E-state index contributed by atoms with van der Waals surface area (Å²) in [6.07, 6.45) is 3.04. The summed E-state index contributed by atoms with van der Waals surface area (Å²) in [6, 6.07) is 16.5. The molecular weight excluding hydrogens is 585 g/mol. The van der Waals surface area contributed by atoms with Crippen molar-refractivity contribution in [3.05, 3.63) is 105 Å². The summed E-state index contributed by atoms with van der Waals surface area (Å²) in [6.45, 7) is 0. The summed E-state index contributed by atoms with van der Waals surface area (Å²) in [5.74, 6) is -0.0484. The number of hydrogen-bond acceptors (Lipinski definition) is 7. The van der Waals surface area contributed by atoms with Crippen LogP contribution in [0.1, 0.15) is 25.7 Å². The van der Waals surface area contributed by atoms with Crippen LogP contribution in [0.5, 0.6) is 0 Å². The molecule has 0 spiro atoms. The number of amidine groups is 1. The Morgan fingerprint density at radius 2 is 1.86 bits per heavy atom. The van der Waals surface area contributed by atoms with Crippen LogP contribution in [0.2, 0.25) is 5.02 Å². The third-order valence-corrected chi connectivity index (χ3v) is 6.71. The van der Waals surface area contributed by atoms with Crippen LogP contribution in [-0.2, 0) is 0 Å². The lowest BCUT2D eigenvalue weighted by molar-refractivity contribution is -0.384. The number of pyridine rings is 1. The molecule has 4 aromatic rings. The molecule has 1 atom stereocenters. The van der Waals surface area contributed by atoms with Crippen molar-refractivity contribution in [2.45, 2.75) is 4.05 Å². The lowest BCUT2D eigenvalue weighted by Gasteiger charge is -2.33. The first-order valence-electron chi connectivity index (χ1n) is 10.2. The van der Waals surface area contributed by atoms with Crippen molar-refractivity contribution in [2.75, 3.05) is 0 Å². The minimum absolute atomic E-state index is 0.0912. The van der Waals surface area contributed by atoms with Crippen LogP contribution in [0.3, 0.4) is 0 Å². The van der Waals surface area contributed by atoms with Crippen molar-refractivity contribution >= 4 is 57.3 Å². The van der Waals surface area contributed by atoms with Gasteiger partial charge in [-0.2, -0.15) is 5.10 Å². The molecule has 1 aliphatic heterocycles. The van der Waals surface area contributed by atoms with E-state index in [0.717, 1.165) is 5.56 Å². The number of hydrazine groups is 1. The van der Waals surface area contributed by atoms with E-state index in [1.807, 2.05) is 12.1 Å². The molecule has 0 fully saturated rings. The fourth-order valence-electron chi connectivity index (χ4n) is 3.58. The molecule has 5 rings (SSSR count). The summed E-state index contributed by atoms with van der Waals surface area (Å²) < 4.78 is -0.450. The van der Waals surface area contributed by atoms with Crippen LogP contribution in [0.25, 0.3) is 11.3 Å². The maximum absolute atomic E-state index is 13.0. The number of benzene rings is 2. The summed E-state index contributed by atoms with van der Waals surface area (Å²) >= 11 is 8.20. The van der Waals surface area contributed by atoms with E-state index in [4.69, 9.17) is 16.6 Å². The van der Waals surface area contributed by atoms with Crippen molar-refractivity contribution < 1.29 is 9.72 Å². The standard InChI is InChI=1S/C23H15ClIN7O3/c24-16-6-4-13(5-7-16)18-19-20(29-28-18)21(25)31(30-23(33)14-8-10-26-11-9-14)22(27-19)15-2-1-3-17(12-15)32(34)35/h1-12,21H,(H,28,29)(H,30,33). The number of aliphatic imine (C=N–C) groups is 1. The van der Waals surface area contributed by atoms with Gasteiger partial charge in [-0.15, -0.1) is 0 Å². The van der Waals surface area contributed by atoms with Crippen molar-refractivity contribution in [1.29, 1.82) is 0 Å². The van der Waals surface area contributed by atoms with E-state index in [-0.39, 0.29) is 11.6 Å². The number of amides is 1. The maximum atomic E-state index is 13.0. The molecular formula is C23H15ClIN7O3. The zero-order valence-corrected chi connectivity index (χ0v) is 20.6. The lowest BCUT2D eigenvalue weighted by Crippen LogP contribution is -2.48. The van der Waals surface area contributed by atoms with Crippen molar-refractivity contribution in [3.63, 3.8) is 0 Å². The minimum Gasteiger partial charge on any atom is -0.277 e. The van der Waals surface area contributed by atoms with Crippen molar-refractivity contribution in [2.24, 2.45) is 4.99 Å². The van der Waals surface area contributed by atoms with Gasteiger partial charge in [0.2, 0.25) is 0 Å². The van der Waals surface area contributed by atoms with E-state index in [2.05, 4.69) is 43.2 Å². The Hall–Kier alpha value is -3.84. The average molecular weight is 600 g/mol. The van der Waals surface area contributed by atoms with Crippen LogP contribution in [0, 0.1) is 10.1 Å². The molecule has 0 aliphatic carbocycles. The van der Waals surface area contributed by atoms with Crippen LogP contribution < -0.4 is 5.43 Å². The Morgan fingerprint density at radius 1 is 1.11 bits per heavy atom. The number of non-ortho nitro benzene ring substituents is 1. The number of hydrogen-bond donors (Lipinski definition) is 2. The number of carbonyl (C=O) groups is 1. The number of nitro benzene ring substituents is 1. The highest BCUT2D eigenvalue weighted by Gasteiger charge is 2.34. The number of aromatic amines is 1. The van der Waals surface area contributed by atoms with Crippen LogP contribution in [0.4, 0.5) is 11.4 Å². The number of fused-ring (bicyclic) bond motifs is 1. The van der Waals surface area contributed by atoms with Gasteiger partial charge in [0.05, 0.1) is 10.6 Å². The van der Waals surface area contributed by atoms with E-state index in [1.165, 1.54) is 24.5 Å². The van der Waals surface area contributed by atoms with Gasteiger partial charge in [-0.3, -0.25) is 30.4 Å². The lowest BCUT2D eigenvalue weighted by atomic mass is 10.1. The van der Waals surface area contributed by atoms with Gasteiger partial charge in [0.15, 0.2) is 5.84 Å². The molecule has 0 bridgehead atoms. The van der Waals surface area contributed by atoms with Gasteiger partial charge in [0.1, 0.15) is 15.4 Å². The second kappa shape index (κ2) is 9.43. The Balaban J connectivity index is 1.63. The fourth-order valence-corrected chi connectivity index (χ4v) is 4.55. The third kappa shape index (κ3) is 4.47. The summed E-state index contributed by atoms with van der Waals surface area (Å²) in [5, 5.41) is 21.1. The van der Waals surface area contributed by atoms with Crippen LogP contribution in [-0.4, -0.2) is 36.9 Å². The first-order valence-corrected chi connectivity index (χ1v) is 11.9. The van der Waals surface area contributed by atoms with Crippen molar-refractivity contribution in [1.82, 2.24) is 25.6 Å². The van der Waals surface area contributed by atoms with Gasteiger partial charge >= 0.3 is 0 Å². The monoisotopic (exact) mass is 599 g/mol. The number of halogens is 2. The van der Waals surface area contributed by atoms with E-state index in [1.54, 1.807) is 41.4 Å². The Kier molecular flexibility index (Phi) is 6.17. The Bertz CT molecular complexity index is 1460. The smallest absolute Gasteiger partial charge is 0.270 e. The van der Waals surface area contributed by atoms with Gasteiger partial charge in [-0.1, -0.05) is 35.9 Å². The quantitative estimate of drug-likeness (QED) is 0.107. The molecule has 12 heteroatoms. The molecule has 1 amide bonds. The second-order valence-electron chi connectivity index (χ2n) is 7.47. The average Bonchev–Trinajstić information content (AvgIpc) is 3.31. The molecule has 0 saturated carbocycles. The van der Waals surface area contributed by atoms with Gasteiger partial charge in [0.25, 0.3) is 11.6 Å². The summed E-state index contributed by atoms with van der Waals surface area (Å²) in [5.41, 5.74) is 6.28. The predicted octanol–water partition coefficient (Wildman–Crippen LogP) is 5.21. The molecule has 35 heavy (non-hydrogen) atoms. The highest BCUT2D eigenvalue weighted by Crippen LogP contribution is 2.43. The molecule has 1 aliphatic rings. The first kappa shape index (κ1) is 22.9.